The molecule has 1 saturated heterocycles. The van der Waals surface area contributed by atoms with Crippen LogP contribution >= 0.6 is 23.2 Å². The molecule has 0 aliphatic carbocycles. The van der Waals surface area contributed by atoms with E-state index in [9.17, 15) is 0 Å². The summed E-state index contributed by atoms with van der Waals surface area (Å²) < 4.78 is 0. The molecule has 0 aromatic carbocycles. The summed E-state index contributed by atoms with van der Waals surface area (Å²) in [6.07, 6.45) is 5.96. The van der Waals surface area contributed by atoms with E-state index in [1.165, 1.54) is 44.9 Å². The summed E-state index contributed by atoms with van der Waals surface area (Å²) in [4.78, 5) is 2.57. The minimum atomic E-state index is 0. The SMILES string of the molecule is C[S+](C)SCCCN1CCNCC1.Cl. The first-order chi connectivity index (χ1) is 6.29. The molecule has 0 unspecified atom stereocenters. The van der Waals surface area contributed by atoms with E-state index in [4.69, 9.17) is 0 Å². The predicted molar refractivity (Wildman–Crippen MR) is 72.8 cm³/mol. The molecule has 1 N–H and O–H groups in total. The van der Waals surface area contributed by atoms with Crippen molar-refractivity contribution >= 4 is 33.1 Å². The van der Waals surface area contributed by atoms with Gasteiger partial charge in [0.25, 0.3) is 0 Å². The van der Waals surface area contributed by atoms with Crippen molar-refractivity contribution in [2.75, 3.05) is 51.0 Å². The Hall–Kier alpha value is 0.910. The van der Waals surface area contributed by atoms with Crippen LogP contribution < -0.4 is 5.32 Å². The fourth-order valence-electron chi connectivity index (χ4n) is 1.45. The third kappa shape index (κ3) is 7.23. The summed E-state index contributed by atoms with van der Waals surface area (Å²) >= 11 is 0. The van der Waals surface area contributed by atoms with Gasteiger partial charge in [0.15, 0.2) is 0 Å². The Balaban J connectivity index is 0.00000169. The van der Waals surface area contributed by atoms with Gasteiger partial charge in [-0.3, -0.25) is 0 Å². The molecule has 0 saturated carbocycles. The smallest absolute Gasteiger partial charge is 0.109 e. The van der Waals surface area contributed by atoms with Crippen LogP contribution in [0.1, 0.15) is 6.42 Å². The van der Waals surface area contributed by atoms with Crippen molar-refractivity contribution in [1.29, 1.82) is 0 Å². The number of nitrogens with zero attached hydrogens (tertiary/aromatic N) is 1. The van der Waals surface area contributed by atoms with Gasteiger partial charge >= 0.3 is 0 Å². The van der Waals surface area contributed by atoms with Crippen LogP contribution in [0.2, 0.25) is 0 Å². The summed E-state index contributed by atoms with van der Waals surface area (Å²) in [5.74, 6) is 1.33. The highest BCUT2D eigenvalue weighted by Gasteiger charge is 2.09. The molecule has 1 heterocycles. The summed E-state index contributed by atoms with van der Waals surface area (Å²) in [5.41, 5.74) is 0. The van der Waals surface area contributed by atoms with E-state index >= 15 is 0 Å². The molecule has 14 heavy (non-hydrogen) atoms. The molecular formula is C9H22ClN2S2+. The number of hydrogen-bond acceptors (Lipinski definition) is 3. The molecule has 1 fully saturated rings. The first-order valence-electron chi connectivity index (χ1n) is 4.93. The van der Waals surface area contributed by atoms with E-state index in [0.717, 1.165) is 0 Å². The normalized spacial score (nSPS) is 18.2. The van der Waals surface area contributed by atoms with Gasteiger partial charge in [-0.1, -0.05) is 0 Å². The van der Waals surface area contributed by atoms with Crippen molar-refractivity contribution in [3.8, 4) is 0 Å². The van der Waals surface area contributed by atoms with Crippen LogP contribution in [-0.4, -0.2) is 55.9 Å². The van der Waals surface area contributed by atoms with E-state index in [2.05, 4.69) is 33.5 Å². The highest BCUT2D eigenvalue weighted by molar-refractivity contribution is 8.73. The second-order valence-corrected chi connectivity index (χ2v) is 8.34. The van der Waals surface area contributed by atoms with Crippen LogP contribution in [-0.2, 0) is 9.93 Å². The Bertz CT molecular complexity index is 130. The van der Waals surface area contributed by atoms with Gasteiger partial charge in [-0.05, 0) is 13.0 Å². The van der Waals surface area contributed by atoms with Gasteiger partial charge in [-0.25, -0.2) is 0 Å². The van der Waals surface area contributed by atoms with Gasteiger partial charge < -0.3 is 10.2 Å². The summed E-state index contributed by atoms with van der Waals surface area (Å²) in [7, 11) is 2.67. The largest absolute Gasteiger partial charge is 0.314 e. The predicted octanol–water partition coefficient (Wildman–Crippen LogP) is 1.23. The molecule has 0 bridgehead atoms. The van der Waals surface area contributed by atoms with Gasteiger partial charge in [0.2, 0.25) is 0 Å². The minimum Gasteiger partial charge on any atom is -0.314 e. The molecule has 0 atom stereocenters. The average Bonchev–Trinajstić information content (AvgIpc) is 2.14. The van der Waals surface area contributed by atoms with E-state index in [0.29, 0.717) is 9.93 Å². The molecule has 2 nitrogen and oxygen atoms in total. The lowest BCUT2D eigenvalue weighted by Gasteiger charge is -2.26. The lowest BCUT2D eigenvalue weighted by molar-refractivity contribution is 0.242. The Kier molecular flexibility index (Phi) is 9.75. The number of nitrogens with one attached hydrogen (secondary N) is 1. The van der Waals surface area contributed by atoms with Gasteiger partial charge in [-0.2, -0.15) is 0 Å². The number of piperazine rings is 1. The molecule has 0 radical (unpaired) electrons. The first-order valence-corrected chi connectivity index (χ1v) is 8.47. The van der Waals surface area contributed by atoms with Crippen molar-refractivity contribution in [1.82, 2.24) is 10.2 Å². The molecule has 86 valence electrons. The molecule has 0 aromatic heterocycles. The van der Waals surface area contributed by atoms with Crippen molar-refractivity contribution < 1.29 is 0 Å². The van der Waals surface area contributed by atoms with Gasteiger partial charge in [0, 0.05) is 31.9 Å². The fraction of sp³-hybridized carbons (Fsp3) is 1.00. The van der Waals surface area contributed by atoms with E-state index in [-0.39, 0.29) is 12.4 Å². The third-order valence-corrected chi connectivity index (χ3v) is 4.99. The summed E-state index contributed by atoms with van der Waals surface area (Å²) in [5, 5.41) is 3.38. The van der Waals surface area contributed by atoms with Crippen LogP contribution in [0.3, 0.4) is 0 Å². The topological polar surface area (TPSA) is 15.3 Å². The Labute approximate surface area is 101 Å². The number of halogens is 1. The third-order valence-electron chi connectivity index (χ3n) is 2.15. The molecule has 1 aliphatic rings. The lowest BCUT2D eigenvalue weighted by Crippen LogP contribution is -2.43. The zero-order valence-electron chi connectivity index (χ0n) is 9.12. The van der Waals surface area contributed by atoms with Gasteiger partial charge in [0.1, 0.15) is 12.5 Å². The minimum absolute atomic E-state index is 0. The quantitative estimate of drug-likeness (QED) is 0.453. The second-order valence-electron chi connectivity index (χ2n) is 3.51. The lowest BCUT2D eigenvalue weighted by atomic mass is 10.3. The van der Waals surface area contributed by atoms with E-state index in [1.807, 2.05) is 0 Å². The molecule has 0 amide bonds. The molecule has 0 aromatic rings. The first kappa shape index (κ1) is 14.9. The second kappa shape index (κ2) is 9.16. The fourth-order valence-corrected chi connectivity index (χ4v) is 3.38. The summed E-state index contributed by atoms with van der Waals surface area (Å²) in [6.45, 7) is 6.15. The maximum Gasteiger partial charge on any atom is 0.109 e. The van der Waals surface area contributed by atoms with Crippen LogP contribution in [0, 0.1) is 0 Å². The zero-order valence-corrected chi connectivity index (χ0v) is 11.6. The highest BCUT2D eigenvalue weighted by Crippen LogP contribution is 2.11. The van der Waals surface area contributed by atoms with Crippen LogP contribution in [0.5, 0.6) is 0 Å². The van der Waals surface area contributed by atoms with Crippen molar-refractivity contribution in [3.63, 3.8) is 0 Å². The van der Waals surface area contributed by atoms with Crippen molar-refractivity contribution in [2.24, 2.45) is 0 Å². The van der Waals surface area contributed by atoms with E-state index < -0.39 is 0 Å². The van der Waals surface area contributed by atoms with Gasteiger partial charge in [0.05, 0.1) is 20.7 Å². The van der Waals surface area contributed by atoms with Crippen LogP contribution in [0.15, 0.2) is 0 Å². The molecule has 0 spiro atoms. The van der Waals surface area contributed by atoms with Crippen molar-refractivity contribution in [3.05, 3.63) is 0 Å². The Morgan fingerprint density at radius 2 is 1.93 bits per heavy atom. The zero-order chi connectivity index (χ0) is 9.52. The van der Waals surface area contributed by atoms with Gasteiger partial charge in [-0.15, -0.1) is 12.4 Å². The van der Waals surface area contributed by atoms with Crippen LogP contribution in [0.25, 0.3) is 0 Å². The summed E-state index contributed by atoms with van der Waals surface area (Å²) in [6, 6.07) is 0. The number of rotatable bonds is 5. The Morgan fingerprint density at radius 3 is 2.50 bits per heavy atom. The van der Waals surface area contributed by atoms with Crippen molar-refractivity contribution in [2.45, 2.75) is 6.42 Å². The standard InChI is InChI=1S/C9H21N2S2.ClH/c1-13(2)12-9-3-6-11-7-4-10-5-8-11;/h10H,3-9H2,1-2H3;1H/q+1;. The maximum atomic E-state index is 3.38. The molecular weight excluding hydrogens is 236 g/mol. The monoisotopic (exact) mass is 257 g/mol. The molecule has 5 heteroatoms. The van der Waals surface area contributed by atoms with Crippen LogP contribution in [0.4, 0.5) is 0 Å². The number of hydrogen-bond donors (Lipinski definition) is 1. The highest BCUT2D eigenvalue weighted by atomic mass is 35.5. The maximum absolute atomic E-state index is 3.38. The Morgan fingerprint density at radius 1 is 1.29 bits per heavy atom. The average molecular weight is 258 g/mol. The molecule has 1 aliphatic heterocycles. The molecule has 1 rings (SSSR count). The van der Waals surface area contributed by atoms with E-state index in [1.54, 1.807) is 0 Å².